The average molecular weight is 402 g/mol. The molecule has 0 spiro atoms. The van der Waals surface area contributed by atoms with Gasteiger partial charge in [0.1, 0.15) is 5.76 Å². The fourth-order valence-electron chi connectivity index (χ4n) is 3.33. The molecule has 9 heteroatoms. The summed E-state index contributed by atoms with van der Waals surface area (Å²) in [6, 6.07) is 14.2. The van der Waals surface area contributed by atoms with E-state index in [1.54, 1.807) is 36.4 Å². The Morgan fingerprint density at radius 1 is 1.00 bits per heavy atom. The number of ketones is 1. The standard InChI is InChI=1S/C21H14N4O5/c26-18(13-6-2-1-3-7-13)16-17(14-8-4-9-15(12-14)25(29)30)24(20(28)19(16)27)21-22-10-5-11-23-21/h1-12,17,26H/b18-16+/t17-/m1/s1. The molecule has 1 aliphatic heterocycles. The first kappa shape index (κ1) is 18.9. The Bertz CT molecular complexity index is 1180. The maximum absolute atomic E-state index is 12.9. The van der Waals surface area contributed by atoms with Crippen molar-refractivity contribution in [1.82, 2.24) is 9.97 Å². The zero-order valence-electron chi connectivity index (χ0n) is 15.4. The van der Waals surface area contributed by atoms with Crippen LogP contribution in [0.5, 0.6) is 0 Å². The summed E-state index contributed by atoms with van der Waals surface area (Å²) < 4.78 is 0. The number of rotatable bonds is 4. The number of anilines is 1. The van der Waals surface area contributed by atoms with Gasteiger partial charge in [0.25, 0.3) is 11.5 Å². The number of hydrogen-bond acceptors (Lipinski definition) is 7. The molecule has 3 aromatic rings. The number of benzene rings is 2. The van der Waals surface area contributed by atoms with Gasteiger partial charge in [0.05, 0.1) is 16.5 Å². The summed E-state index contributed by atoms with van der Waals surface area (Å²) >= 11 is 0. The molecule has 2 heterocycles. The van der Waals surface area contributed by atoms with Crippen LogP contribution in [-0.4, -0.2) is 31.7 Å². The van der Waals surface area contributed by atoms with E-state index in [9.17, 15) is 24.8 Å². The molecule has 4 rings (SSSR count). The van der Waals surface area contributed by atoms with Crippen LogP contribution in [0.3, 0.4) is 0 Å². The van der Waals surface area contributed by atoms with Crippen molar-refractivity contribution in [2.45, 2.75) is 6.04 Å². The highest BCUT2D eigenvalue weighted by molar-refractivity contribution is 6.51. The smallest absolute Gasteiger partial charge is 0.302 e. The van der Waals surface area contributed by atoms with Gasteiger partial charge in [-0.15, -0.1) is 0 Å². The second kappa shape index (κ2) is 7.55. The number of carbonyl (C=O) groups is 2. The first-order chi connectivity index (χ1) is 14.5. The molecular formula is C21H14N4O5. The molecule has 9 nitrogen and oxygen atoms in total. The molecule has 1 fully saturated rings. The van der Waals surface area contributed by atoms with Crippen molar-refractivity contribution < 1.29 is 19.6 Å². The van der Waals surface area contributed by atoms with E-state index in [-0.39, 0.29) is 28.5 Å². The van der Waals surface area contributed by atoms with Gasteiger partial charge < -0.3 is 5.11 Å². The summed E-state index contributed by atoms with van der Waals surface area (Å²) in [4.78, 5) is 45.6. The highest BCUT2D eigenvalue weighted by atomic mass is 16.6. The Labute approximate surface area is 170 Å². The van der Waals surface area contributed by atoms with E-state index < -0.39 is 22.7 Å². The van der Waals surface area contributed by atoms with E-state index in [0.29, 0.717) is 5.56 Å². The lowest BCUT2D eigenvalue weighted by Gasteiger charge is -2.23. The summed E-state index contributed by atoms with van der Waals surface area (Å²) in [5.41, 5.74) is 0.194. The third kappa shape index (κ3) is 3.18. The lowest BCUT2D eigenvalue weighted by atomic mass is 9.95. The number of aliphatic hydroxyl groups is 1. The molecular weight excluding hydrogens is 388 g/mol. The van der Waals surface area contributed by atoms with Crippen molar-refractivity contribution in [2.75, 3.05) is 4.90 Å². The SMILES string of the molecule is O=C1C(=O)N(c2ncccn2)[C@H](c2cccc([N+](=O)[O-])c2)/C1=C(\O)c1ccccc1. The lowest BCUT2D eigenvalue weighted by Crippen LogP contribution is -2.31. The summed E-state index contributed by atoms with van der Waals surface area (Å²) in [5, 5.41) is 22.1. The fraction of sp³-hybridized carbons (Fsp3) is 0.0476. The summed E-state index contributed by atoms with van der Waals surface area (Å²) in [7, 11) is 0. The first-order valence-electron chi connectivity index (χ1n) is 8.87. The van der Waals surface area contributed by atoms with E-state index in [4.69, 9.17) is 0 Å². The van der Waals surface area contributed by atoms with Crippen molar-refractivity contribution >= 4 is 29.1 Å². The number of nitrogens with zero attached hydrogens (tertiary/aromatic N) is 4. The van der Waals surface area contributed by atoms with Crippen LogP contribution in [0.1, 0.15) is 17.2 Å². The van der Waals surface area contributed by atoms with Crippen LogP contribution in [0.15, 0.2) is 78.6 Å². The molecule has 0 bridgehead atoms. The second-order valence-corrected chi connectivity index (χ2v) is 6.44. The zero-order valence-corrected chi connectivity index (χ0v) is 15.4. The van der Waals surface area contributed by atoms with E-state index in [0.717, 1.165) is 4.90 Å². The number of aliphatic hydroxyl groups excluding tert-OH is 1. The maximum Gasteiger partial charge on any atom is 0.302 e. The molecule has 1 saturated heterocycles. The molecule has 1 aromatic heterocycles. The molecule has 0 unspecified atom stereocenters. The number of carbonyl (C=O) groups excluding carboxylic acids is 2. The van der Waals surface area contributed by atoms with Crippen LogP contribution in [-0.2, 0) is 9.59 Å². The number of amides is 1. The number of Topliss-reactive ketones (excluding diaryl/α,β-unsaturated/α-hetero) is 1. The average Bonchev–Trinajstić information content (AvgIpc) is 3.05. The highest BCUT2D eigenvalue weighted by Gasteiger charge is 2.48. The molecule has 1 amide bonds. The van der Waals surface area contributed by atoms with E-state index in [1.165, 1.54) is 36.7 Å². The summed E-state index contributed by atoms with van der Waals surface area (Å²) in [6.45, 7) is 0. The van der Waals surface area contributed by atoms with Gasteiger partial charge >= 0.3 is 5.91 Å². The molecule has 0 aliphatic carbocycles. The van der Waals surface area contributed by atoms with Gasteiger partial charge in [-0.3, -0.25) is 24.6 Å². The fourth-order valence-corrected chi connectivity index (χ4v) is 3.33. The van der Waals surface area contributed by atoms with Crippen molar-refractivity contribution in [3.63, 3.8) is 0 Å². The minimum atomic E-state index is -1.13. The van der Waals surface area contributed by atoms with E-state index in [1.807, 2.05) is 0 Å². The van der Waals surface area contributed by atoms with Crippen molar-refractivity contribution in [3.8, 4) is 0 Å². The third-order valence-corrected chi connectivity index (χ3v) is 4.66. The van der Waals surface area contributed by atoms with Gasteiger partial charge in [-0.05, 0) is 11.6 Å². The van der Waals surface area contributed by atoms with Crippen molar-refractivity contribution in [2.24, 2.45) is 0 Å². The Hall–Kier alpha value is -4.40. The predicted molar refractivity (Wildman–Crippen MR) is 106 cm³/mol. The maximum atomic E-state index is 12.9. The Morgan fingerprint density at radius 2 is 1.70 bits per heavy atom. The number of nitro groups is 1. The van der Waals surface area contributed by atoms with Crippen LogP contribution in [0.2, 0.25) is 0 Å². The predicted octanol–water partition coefficient (Wildman–Crippen LogP) is 3.01. The Morgan fingerprint density at radius 3 is 2.37 bits per heavy atom. The molecule has 1 aliphatic rings. The largest absolute Gasteiger partial charge is 0.507 e. The number of nitro benzene ring substituents is 1. The van der Waals surface area contributed by atoms with Gasteiger partial charge in [-0.25, -0.2) is 9.97 Å². The summed E-state index contributed by atoms with van der Waals surface area (Å²) in [6.07, 6.45) is 2.81. The highest BCUT2D eigenvalue weighted by Crippen LogP contribution is 2.41. The second-order valence-electron chi connectivity index (χ2n) is 6.44. The van der Waals surface area contributed by atoms with E-state index >= 15 is 0 Å². The monoisotopic (exact) mass is 402 g/mol. The number of aromatic nitrogens is 2. The van der Waals surface area contributed by atoms with Gasteiger partial charge in [0, 0.05) is 30.1 Å². The number of hydrogen-bond donors (Lipinski definition) is 1. The molecule has 1 atom stereocenters. The lowest BCUT2D eigenvalue weighted by molar-refractivity contribution is -0.384. The zero-order chi connectivity index (χ0) is 21.3. The molecule has 2 aromatic carbocycles. The summed E-state index contributed by atoms with van der Waals surface area (Å²) in [5.74, 6) is -2.30. The third-order valence-electron chi connectivity index (χ3n) is 4.66. The minimum absolute atomic E-state index is 0.0526. The van der Waals surface area contributed by atoms with Crippen molar-refractivity contribution in [1.29, 1.82) is 0 Å². The van der Waals surface area contributed by atoms with Gasteiger partial charge in [-0.2, -0.15) is 0 Å². The quantitative estimate of drug-likeness (QED) is 0.234. The van der Waals surface area contributed by atoms with Crippen LogP contribution in [0, 0.1) is 10.1 Å². The van der Waals surface area contributed by atoms with Crippen molar-refractivity contribution in [3.05, 3.63) is 99.9 Å². The topological polar surface area (TPSA) is 127 Å². The van der Waals surface area contributed by atoms with Gasteiger partial charge in [0.15, 0.2) is 0 Å². The minimum Gasteiger partial charge on any atom is -0.507 e. The normalized spacial score (nSPS) is 17.9. The molecule has 148 valence electrons. The molecule has 1 N–H and O–H groups in total. The van der Waals surface area contributed by atoms with Gasteiger partial charge in [-0.1, -0.05) is 42.5 Å². The van der Waals surface area contributed by atoms with Crippen LogP contribution in [0.4, 0.5) is 11.6 Å². The number of non-ortho nitro benzene ring substituents is 1. The first-order valence-corrected chi connectivity index (χ1v) is 8.87. The van der Waals surface area contributed by atoms with Crippen LogP contribution >= 0.6 is 0 Å². The Kier molecular flexibility index (Phi) is 4.77. The molecule has 30 heavy (non-hydrogen) atoms. The van der Waals surface area contributed by atoms with Crippen LogP contribution < -0.4 is 4.90 Å². The Balaban J connectivity index is 1.97. The molecule has 0 radical (unpaired) electrons. The molecule has 0 saturated carbocycles. The van der Waals surface area contributed by atoms with E-state index in [2.05, 4.69) is 9.97 Å². The van der Waals surface area contributed by atoms with Gasteiger partial charge in [0.2, 0.25) is 5.95 Å². The van der Waals surface area contributed by atoms with Crippen LogP contribution in [0.25, 0.3) is 5.76 Å².